The van der Waals surface area contributed by atoms with Gasteiger partial charge in [-0.25, -0.2) is 4.98 Å². The molecule has 0 bridgehead atoms. The summed E-state index contributed by atoms with van der Waals surface area (Å²) in [4.78, 5) is 17.4. The number of nitrogens with one attached hydrogen (secondary N) is 1. The van der Waals surface area contributed by atoms with Crippen molar-refractivity contribution in [3.63, 3.8) is 0 Å². The lowest BCUT2D eigenvalue weighted by Gasteiger charge is -2.05. The van der Waals surface area contributed by atoms with E-state index in [2.05, 4.69) is 15.4 Å². The number of thiazole rings is 1. The molecule has 8 heteroatoms. The number of thiophene rings is 1. The molecule has 0 atom stereocenters. The summed E-state index contributed by atoms with van der Waals surface area (Å²) in [6.07, 6.45) is 0. The molecule has 22 heavy (non-hydrogen) atoms. The number of hydrogen-bond acceptors (Lipinski definition) is 6. The summed E-state index contributed by atoms with van der Waals surface area (Å²) in [6, 6.07) is 5.83. The number of anilines is 1. The zero-order valence-corrected chi connectivity index (χ0v) is 13.7. The molecular formula is C14H14N4O2S2. The van der Waals surface area contributed by atoms with Crippen molar-refractivity contribution < 1.29 is 9.53 Å². The lowest BCUT2D eigenvalue weighted by atomic mass is 10.4. The Kier molecular flexibility index (Phi) is 4.32. The second kappa shape index (κ2) is 6.39. The number of carbonyl (C=O) groups excluding carboxylic acids is 1. The SMILES string of the molecule is COCC(=O)Nc1cc(C)nn1-c1nc(-c2cccs2)cs1. The first-order valence-electron chi connectivity index (χ1n) is 6.52. The molecule has 0 aliphatic carbocycles. The van der Waals surface area contributed by atoms with Gasteiger partial charge in [-0.15, -0.1) is 22.7 Å². The van der Waals surface area contributed by atoms with Gasteiger partial charge in [0.15, 0.2) is 0 Å². The van der Waals surface area contributed by atoms with Crippen LogP contribution in [0.2, 0.25) is 0 Å². The molecular weight excluding hydrogens is 320 g/mol. The van der Waals surface area contributed by atoms with Crippen LogP contribution >= 0.6 is 22.7 Å². The Morgan fingerprint density at radius 1 is 1.45 bits per heavy atom. The average molecular weight is 334 g/mol. The first-order chi connectivity index (χ1) is 10.7. The van der Waals surface area contributed by atoms with Gasteiger partial charge in [-0.2, -0.15) is 9.78 Å². The van der Waals surface area contributed by atoms with Crippen molar-refractivity contribution in [1.29, 1.82) is 0 Å². The maximum Gasteiger partial charge on any atom is 0.251 e. The molecule has 0 saturated carbocycles. The second-order valence-electron chi connectivity index (χ2n) is 4.56. The Morgan fingerprint density at radius 3 is 3.05 bits per heavy atom. The molecule has 0 aromatic carbocycles. The summed E-state index contributed by atoms with van der Waals surface area (Å²) in [5.41, 5.74) is 1.72. The van der Waals surface area contributed by atoms with Gasteiger partial charge in [0, 0.05) is 18.6 Å². The van der Waals surface area contributed by atoms with Crippen LogP contribution < -0.4 is 5.32 Å². The quantitative estimate of drug-likeness (QED) is 0.779. The fourth-order valence-corrected chi connectivity index (χ4v) is 3.49. The van der Waals surface area contributed by atoms with Gasteiger partial charge in [0.1, 0.15) is 12.4 Å². The maximum absolute atomic E-state index is 11.7. The van der Waals surface area contributed by atoms with Crippen molar-refractivity contribution in [3.8, 4) is 15.7 Å². The third kappa shape index (κ3) is 3.08. The van der Waals surface area contributed by atoms with Crippen LogP contribution in [0.25, 0.3) is 15.7 Å². The van der Waals surface area contributed by atoms with Crippen LogP contribution in [0.15, 0.2) is 29.0 Å². The molecule has 6 nitrogen and oxygen atoms in total. The number of rotatable bonds is 5. The second-order valence-corrected chi connectivity index (χ2v) is 6.34. The van der Waals surface area contributed by atoms with Crippen LogP contribution in [-0.2, 0) is 9.53 Å². The zero-order valence-electron chi connectivity index (χ0n) is 12.1. The molecule has 1 N–H and O–H groups in total. The first kappa shape index (κ1) is 14.9. The molecule has 3 aromatic rings. The van der Waals surface area contributed by atoms with Crippen molar-refractivity contribution in [3.05, 3.63) is 34.7 Å². The van der Waals surface area contributed by atoms with Gasteiger partial charge < -0.3 is 10.1 Å². The monoisotopic (exact) mass is 334 g/mol. The molecule has 3 aromatic heterocycles. The number of aryl methyl sites for hydroxylation is 1. The predicted octanol–water partition coefficient (Wildman–Crippen LogP) is 2.95. The summed E-state index contributed by atoms with van der Waals surface area (Å²) in [5.74, 6) is 0.366. The van der Waals surface area contributed by atoms with Crippen LogP contribution in [-0.4, -0.2) is 34.4 Å². The Labute approximate surface area is 135 Å². The molecule has 1 amide bonds. The normalized spacial score (nSPS) is 10.8. The van der Waals surface area contributed by atoms with Crippen molar-refractivity contribution in [2.75, 3.05) is 19.0 Å². The molecule has 0 unspecified atom stereocenters. The Hall–Kier alpha value is -2.03. The Bertz CT molecular complexity index is 777. The fraction of sp³-hybridized carbons (Fsp3) is 0.214. The third-order valence-electron chi connectivity index (χ3n) is 2.82. The van der Waals surface area contributed by atoms with E-state index >= 15 is 0 Å². The molecule has 114 valence electrons. The van der Waals surface area contributed by atoms with Crippen LogP contribution in [0.4, 0.5) is 5.82 Å². The van der Waals surface area contributed by atoms with E-state index in [4.69, 9.17) is 4.74 Å². The van der Waals surface area contributed by atoms with E-state index in [1.807, 2.05) is 29.8 Å². The molecule has 0 aliphatic rings. The lowest BCUT2D eigenvalue weighted by molar-refractivity contribution is -0.119. The Balaban J connectivity index is 1.90. The van der Waals surface area contributed by atoms with E-state index in [0.717, 1.165) is 16.3 Å². The molecule has 0 saturated heterocycles. The predicted molar refractivity (Wildman–Crippen MR) is 87.8 cm³/mol. The highest BCUT2D eigenvalue weighted by Crippen LogP contribution is 2.28. The van der Waals surface area contributed by atoms with E-state index in [1.165, 1.54) is 18.4 Å². The first-order valence-corrected chi connectivity index (χ1v) is 8.28. The summed E-state index contributed by atoms with van der Waals surface area (Å²) >= 11 is 3.12. The standard InChI is InChI=1S/C14H14N4O2S2/c1-9-6-12(16-13(19)7-20-2)18(17-9)14-15-10(8-22-14)11-4-3-5-21-11/h3-6,8H,7H2,1-2H3,(H,16,19). The summed E-state index contributed by atoms with van der Waals surface area (Å²) in [6.45, 7) is 1.87. The number of nitrogens with zero attached hydrogens (tertiary/aromatic N) is 3. The van der Waals surface area contributed by atoms with E-state index in [0.29, 0.717) is 10.9 Å². The lowest BCUT2D eigenvalue weighted by Crippen LogP contribution is -2.19. The average Bonchev–Trinajstić information content (AvgIpc) is 3.18. The van der Waals surface area contributed by atoms with Crippen molar-refractivity contribution in [2.45, 2.75) is 6.92 Å². The molecule has 0 spiro atoms. The number of methoxy groups -OCH3 is 1. The number of ether oxygens (including phenoxy) is 1. The summed E-state index contributed by atoms with van der Waals surface area (Å²) in [5, 5.41) is 11.9. The van der Waals surface area contributed by atoms with Gasteiger partial charge in [0.2, 0.25) is 5.13 Å². The van der Waals surface area contributed by atoms with E-state index in [1.54, 1.807) is 22.1 Å². The minimum Gasteiger partial charge on any atom is -0.375 e. The van der Waals surface area contributed by atoms with Crippen LogP contribution in [0.5, 0.6) is 0 Å². The van der Waals surface area contributed by atoms with Gasteiger partial charge in [-0.05, 0) is 18.4 Å². The third-order valence-corrected chi connectivity index (χ3v) is 4.53. The van der Waals surface area contributed by atoms with E-state index < -0.39 is 0 Å². The highest BCUT2D eigenvalue weighted by Gasteiger charge is 2.14. The van der Waals surface area contributed by atoms with Gasteiger partial charge in [0.25, 0.3) is 5.91 Å². The minimum atomic E-state index is -0.223. The molecule has 0 radical (unpaired) electrons. The Morgan fingerprint density at radius 2 is 2.32 bits per heavy atom. The highest BCUT2D eigenvalue weighted by molar-refractivity contribution is 7.15. The zero-order chi connectivity index (χ0) is 15.5. The van der Waals surface area contributed by atoms with Crippen LogP contribution in [0.1, 0.15) is 5.69 Å². The molecule has 3 rings (SSSR count). The minimum absolute atomic E-state index is 0.00252. The van der Waals surface area contributed by atoms with E-state index in [9.17, 15) is 4.79 Å². The van der Waals surface area contributed by atoms with Crippen LogP contribution in [0, 0.1) is 6.92 Å². The largest absolute Gasteiger partial charge is 0.375 e. The molecule has 3 heterocycles. The smallest absolute Gasteiger partial charge is 0.251 e. The van der Waals surface area contributed by atoms with Crippen molar-refractivity contribution >= 4 is 34.4 Å². The summed E-state index contributed by atoms with van der Waals surface area (Å²) < 4.78 is 6.47. The maximum atomic E-state index is 11.7. The van der Waals surface area contributed by atoms with Crippen molar-refractivity contribution in [2.24, 2.45) is 0 Å². The fourth-order valence-electron chi connectivity index (χ4n) is 1.94. The number of amides is 1. The van der Waals surface area contributed by atoms with E-state index in [-0.39, 0.29) is 12.5 Å². The topological polar surface area (TPSA) is 69.0 Å². The van der Waals surface area contributed by atoms with Gasteiger partial charge >= 0.3 is 0 Å². The number of aromatic nitrogens is 3. The van der Waals surface area contributed by atoms with Crippen molar-refractivity contribution in [1.82, 2.24) is 14.8 Å². The highest BCUT2D eigenvalue weighted by atomic mass is 32.1. The van der Waals surface area contributed by atoms with Gasteiger partial charge in [0.05, 0.1) is 16.3 Å². The van der Waals surface area contributed by atoms with Crippen LogP contribution in [0.3, 0.4) is 0 Å². The molecule has 0 aliphatic heterocycles. The van der Waals surface area contributed by atoms with Gasteiger partial charge in [-0.1, -0.05) is 6.07 Å². The van der Waals surface area contributed by atoms with Gasteiger partial charge in [-0.3, -0.25) is 4.79 Å². The number of carbonyl (C=O) groups is 1. The number of hydrogen-bond donors (Lipinski definition) is 1. The summed E-state index contributed by atoms with van der Waals surface area (Å²) in [7, 11) is 1.48. The molecule has 0 fully saturated rings.